The van der Waals surface area contributed by atoms with Gasteiger partial charge >= 0.3 is 5.97 Å². The Bertz CT molecular complexity index is 1830. The third-order valence-electron chi connectivity index (χ3n) is 21.9. The lowest BCUT2D eigenvalue weighted by Gasteiger charge is -2.58. The molecule has 0 spiro atoms. The summed E-state index contributed by atoms with van der Waals surface area (Å²) >= 11 is 0. The van der Waals surface area contributed by atoms with Gasteiger partial charge in [-0.1, -0.05) is 151 Å². The monoisotopic (exact) mass is 1260 g/mol. The highest BCUT2D eigenvalue weighted by Gasteiger charge is 2.62. The summed E-state index contributed by atoms with van der Waals surface area (Å²) in [6.07, 6.45) is 1.40. The molecule has 0 aromatic heterocycles. The van der Waals surface area contributed by atoms with E-state index in [2.05, 4.69) is 165 Å². The Morgan fingerprint density at radius 3 is 1.49 bits per heavy atom. The van der Waals surface area contributed by atoms with Gasteiger partial charge < -0.3 is 45.5 Å². The van der Waals surface area contributed by atoms with Crippen LogP contribution >= 0.6 is 0 Å². The number of carbonyl (C=O) groups is 1. The fraction of sp³-hybridized carbons (Fsp3) is 0.954. The number of carbonyl (C=O) groups excluding carboxylic acids is 1. The SMILES string of the molecule is C=C(C[C@@H](CO[Si](CC)(CC)CC)O[Si](C)(C)C(C)(C)C)C[C@H]1O[C@@H]([C@H](O[Si](CC)(CC)CC)[C@@]2(OC)C[C@H](O[Si](C)(C)C(C)(C)C)[C@@H](C)[C@@H](CCCCOC(=O)C(C)(C)C)O2)[C@H](C)[C@@H](O[Si](CC)(CC)CC)[C@@H]1O[Si](CC)(CC)CC. The van der Waals surface area contributed by atoms with E-state index in [0.717, 1.165) is 97.4 Å². The highest BCUT2D eigenvalue weighted by atomic mass is 28.4. The topological polar surface area (TPSA) is 109 Å². The van der Waals surface area contributed by atoms with Gasteiger partial charge in [-0.2, -0.15) is 0 Å². The van der Waals surface area contributed by atoms with Crippen LogP contribution in [0.4, 0.5) is 0 Å². The number of rotatable bonds is 37. The van der Waals surface area contributed by atoms with Crippen LogP contribution in [0.5, 0.6) is 0 Å². The minimum absolute atomic E-state index is 0.0237. The molecule has 2 fully saturated rings. The van der Waals surface area contributed by atoms with Crippen LogP contribution in [-0.2, 0) is 50.3 Å². The molecular formula is C65H136O11Si6. The van der Waals surface area contributed by atoms with E-state index in [9.17, 15) is 4.79 Å². The quantitative estimate of drug-likeness (QED) is 0.0257. The van der Waals surface area contributed by atoms with Crippen molar-refractivity contribution in [3.8, 4) is 0 Å². The van der Waals surface area contributed by atoms with Gasteiger partial charge in [0.25, 0.3) is 0 Å². The van der Waals surface area contributed by atoms with Crippen molar-refractivity contribution in [3.05, 3.63) is 12.2 Å². The molecule has 2 saturated heterocycles. The first-order valence-electron chi connectivity index (χ1n) is 33.6. The van der Waals surface area contributed by atoms with Crippen molar-refractivity contribution in [1.82, 2.24) is 0 Å². The first kappa shape index (κ1) is 78.2. The van der Waals surface area contributed by atoms with Crippen LogP contribution in [0.3, 0.4) is 0 Å². The Morgan fingerprint density at radius 1 is 0.598 bits per heavy atom. The van der Waals surface area contributed by atoms with E-state index in [4.69, 9.17) is 52.1 Å². The largest absolute Gasteiger partial charge is 0.465 e. The molecule has 0 amide bonds. The van der Waals surface area contributed by atoms with Crippen LogP contribution in [0.1, 0.15) is 198 Å². The normalized spacial score (nSPS) is 25.8. The fourth-order valence-electron chi connectivity index (χ4n) is 12.3. The van der Waals surface area contributed by atoms with Crippen LogP contribution in [0.25, 0.3) is 0 Å². The van der Waals surface area contributed by atoms with E-state index in [1.54, 1.807) is 0 Å². The van der Waals surface area contributed by atoms with Crippen LogP contribution in [0, 0.1) is 17.3 Å². The first-order valence-corrected chi connectivity index (χ1v) is 49.6. The summed E-state index contributed by atoms with van der Waals surface area (Å²) in [5, 5.41) is 0.00143. The van der Waals surface area contributed by atoms with E-state index in [0.29, 0.717) is 32.5 Å². The maximum Gasteiger partial charge on any atom is 0.311 e. The Labute approximate surface area is 514 Å². The van der Waals surface area contributed by atoms with Gasteiger partial charge in [0.1, 0.15) is 6.10 Å². The Hall–Kier alpha value is 0.151. The molecule has 0 radical (unpaired) electrons. The highest BCUT2D eigenvalue weighted by molar-refractivity contribution is 6.76. The molecule has 0 aliphatic carbocycles. The summed E-state index contributed by atoms with van der Waals surface area (Å²) in [5.41, 5.74) is 0.536. The lowest BCUT2D eigenvalue weighted by atomic mass is 9.78. The predicted molar refractivity (Wildman–Crippen MR) is 362 cm³/mol. The van der Waals surface area contributed by atoms with Gasteiger partial charge in [-0.05, 0) is 162 Å². The van der Waals surface area contributed by atoms with Crippen molar-refractivity contribution in [1.29, 1.82) is 0 Å². The van der Waals surface area contributed by atoms with Crippen LogP contribution < -0.4 is 0 Å². The van der Waals surface area contributed by atoms with Gasteiger partial charge in [-0.25, -0.2) is 0 Å². The highest BCUT2D eigenvalue weighted by Crippen LogP contribution is 2.50. The average molecular weight is 1260 g/mol. The zero-order valence-electron chi connectivity index (χ0n) is 59.1. The van der Waals surface area contributed by atoms with Crippen molar-refractivity contribution in [3.63, 3.8) is 0 Å². The number of hydrogen-bond acceptors (Lipinski definition) is 11. The molecule has 11 nitrogen and oxygen atoms in total. The Morgan fingerprint density at radius 2 is 1.06 bits per heavy atom. The minimum Gasteiger partial charge on any atom is -0.465 e. The molecule has 0 saturated carbocycles. The second-order valence-electron chi connectivity index (χ2n) is 29.7. The number of methoxy groups -OCH3 is 1. The van der Waals surface area contributed by atoms with E-state index < -0.39 is 79.4 Å². The van der Waals surface area contributed by atoms with Crippen LogP contribution in [-0.4, -0.2) is 131 Å². The van der Waals surface area contributed by atoms with Crippen molar-refractivity contribution < 1.29 is 50.3 Å². The molecule has 2 aliphatic rings. The molecule has 0 bridgehead atoms. The second-order valence-corrected chi connectivity index (χ2v) is 58.1. The molecule has 2 aliphatic heterocycles. The summed E-state index contributed by atoms with van der Waals surface area (Å²) in [4.78, 5) is 12.9. The number of esters is 1. The fourth-order valence-corrected chi connectivity index (χ4v) is 26.4. The maximum absolute atomic E-state index is 12.9. The molecule has 486 valence electrons. The lowest BCUT2D eigenvalue weighted by Crippen LogP contribution is -2.70. The molecule has 0 N–H and O–H groups in total. The minimum atomic E-state index is -2.47. The smallest absolute Gasteiger partial charge is 0.311 e. The molecule has 82 heavy (non-hydrogen) atoms. The van der Waals surface area contributed by atoms with Crippen molar-refractivity contribution in [2.45, 2.75) is 361 Å². The van der Waals surface area contributed by atoms with E-state index >= 15 is 0 Å². The van der Waals surface area contributed by atoms with E-state index in [-0.39, 0.29) is 58.4 Å². The third kappa shape index (κ3) is 20.1. The lowest BCUT2D eigenvalue weighted by molar-refractivity contribution is -0.353. The van der Waals surface area contributed by atoms with Gasteiger partial charge in [0.15, 0.2) is 55.7 Å². The Kier molecular flexibility index (Phi) is 31.3. The maximum atomic E-state index is 12.9. The zero-order valence-corrected chi connectivity index (χ0v) is 65.1. The molecule has 2 rings (SSSR count). The standard InChI is InChI=1S/C65H136O11Si6/c1-30-79(31-2,32-3)69-49-53(72-77(26,27)63(19,20)21)46-50(13)47-55-59(75-81(36-7,37-8)38-9)57(74-80(33-4,34-5)35-6)52(15)58(70-55)60(76-82(39-10,40-11)41-12)65(67-25)48-56(73-78(28,29)64(22,23)24)51(14)54(71-65)44-42-43-45-68-61(66)62(16,17)18/h51-60H,13,30-49H2,1-12,14-29H3/t51-,52+,53-,54+,55+,56-,57+,58+,59+,60-,65+/m0/s1. The Balaban J connectivity index is 3.18. The van der Waals surface area contributed by atoms with Gasteiger partial charge in [-0.3, -0.25) is 4.79 Å². The summed E-state index contributed by atoms with van der Waals surface area (Å²) in [5.74, 6) is -1.52. The van der Waals surface area contributed by atoms with Crippen molar-refractivity contribution in [2.75, 3.05) is 20.3 Å². The number of ether oxygens (including phenoxy) is 4. The molecule has 11 atom stereocenters. The van der Waals surface area contributed by atoms with E-state index in [1.807, 2.05) is 27.9 Å². The number of hydrogen-bond donors (Lipinski definition) is 0. The average Bonchev–Trinajstić information content (AvgIpc) is 2.66. The van der Waals surface area contributed by atoms with Crippen molar-refractivity contribution in [2.24, 2.45) is 17.3 Å². The third-order valence-corrected chi connectivity index (χ3v) is 49.4. The van der Waals surface area contributed by atoms with Crippen LogP contribution in [0.15, 0.2) is 12.2 Å². The zero-order chi connectivity index (χ0) is 63.1. The molecule has 0 unspecified atom stereocenters. The molecule has 2 heterocycles. The number of unbranched alkanes of at least 4 members (excludes halogenated alkanes) is 1. The molecule has 0 aromatic rings. The first-order chi connectivity index (χ1) is 37.9. The summed E-state index contributed by atoms with van der Waals surface area (Å²) in [6, 6.07) is 12.2. The van der Waals surface area contributed by atoms with E-state index in [1.165, 1.54) is 0 Å². The van der Waals surface area contributed by atoms with Gasteiger partial charge in [0.2, 0.25) is 0 Å². The van der Waals surface area contributed by atoms with Gasteiger partial charge in [0.05, 0.1) is 61.4 Å². The van der Waals surface area contributed by atoms with Gasteiger partial charge in [0, 0.05) is 25.4 Å². The summed E-state index contributed by atoms with van der Waals surface area (Å²) < 4.78 is 75.3. The molecular weight excluding hydrogens is 1130 g/mol. The summed E-state index contributed by atoms with van der Waals surface area (Å²) in [6.45, 7) is 67.7. The predicted octanol–water partition coefficient (Wildman–Crippen LogP) is 19.2. The molecule has 0 aromatic carbocycles. The van der Waals surface area contributed by atoms with Gasteiger partial charge in [-0.15, -0.1) is 0 Å². The van der Waals surface area contributed by atoms with Crippen molar-refractivity contribution >= 4 is 55.9 Å². The van der Waals surface area contributed by atoms with Crippen LogP contribution in [0.2, 0.25) is 109 Å². The second kappa shape index (κ2) is 32.8. The summed E-state index contributed by atoms with van der Waals surface area (Å²) in [7, 11) is -11.7. The molecule has 17 heteroatoms.